The van der Waals surface area contributed by atoms with Crippen LogP contribution in [0, 0.1) is 6.92 Å². The van der Waals surface area contributed by atoms with Crippen LogP contribution in [0.1, 0.15) is 67.7 Å². The molecule has 0 radical (unpaired) electrons. The molecule has 0 saturated carbocycles. The minimum absolute atomic E-state index is 0.0141. The maximum Gasteiger partial charge on any atom is 0.242 e. The van der Waals surface area contributed by atoms with Gasteiger partial charge in [-0.25, -0.2) is 0 Å². The first-order valence-corrected chi connectivity index (χ1v) is 12.0. The quantitative estimate of drug-likeness (QED) is 0.379. The number of aryl methyl sites for hydroxylation is 1. The molecule has 1 heterocycles. The van der Waals surface area contributed by atoms with Crippen molar-refractivity contribution < 1.29 is 9.59 Å². The van der Waals surface area contributed by atoms with Crippen molar-refractivity contribution in [2.75, 3.05) is 13.1 Å². The number of benzene rings is 1. The molecule has 2 amide bonds. The first-order chi connectivity index (χ1) is 14.5. The van der Waals surface area contributed by atoms with Gasteiger partial charge in [0.25, 0.3) is 0 Å². The number of thiophene rings is 1. The van der Waals surface area contributed by atoms with Crippen molar-refractivity contribution in [3.05, 3.63) is 57.8 Å². The van der Waals surface area contributed by atoms with Crippen LogP contribution in [0.15, 0.2) is 42.5 Å². The first kappa shape index (κ1) is 24.1. The Bertz CT molecular complexity index is 772. The third kappa shape index (κ3) is 8.31. The second-order valence-corrected chi connectivity index (χ2v) is 9.25. The van der Waals surface area contributed by atoms with Crippen LogP contribution in [0.25, 0.3) is 0 Å². The number of nitrogens with zero attached hydrogens (tertiary/aromatic N) is 2. The summed E-state index contributed by atoms with van der Waals surface area (Å²) in [6.07, 6.45) is 5.69. The molecule has 5 heteroatoms. The van der Waals surface area contributed by atoms with Crippen molar-refractivity contribution >= 4 is 23.2 Å². The lowest BCUT2D eigenvalue weighted by molar-refractivity contribution is -0.141. The summed E-state index contributed by atoms with van der Waals surface area (Å²) in [7, 11) is 0. The maximum atomic E-state index is 13.3. The van der Waals surface area contributed by atoms with Crippen molar-refractivity contribution in [1.82, 2.24) is 9.80 Å². The Labute approximate surface area is 185 Å². The van der Waals surface area contributed by atoms with E-state index in [0.717, 1.165) is 37.7 Å². The zero-order valence-electron chi connectivity index (χ0n) is 18.7. The van der Waals surface area contributed by atoms with Gasteiger partial charge in [-0.2, -0.15) is 0 Å². The van der Waals surface area contributed by atoms with E-state index in [9.17, 15) is 9.59 Å². The highest BCUT2D eigenvalue weighted by atomic mass is 32.1. The van der Waals surface area contributed by atoms with Gasteiger partial charge in [0, 0.05) is 29.3 Å². The monoisotopic (exact) mass is 428 g/mol. The Hall–Kier alpha value is -2.14. The van der Waals surface area contributed by atoms with E-state index in [1.165, 1.54) is 9.75 Å². The van der Waals surface area contributed by atoms with Gasteiger partial charge in [0.15, 0.2) is 0 Å². The molecule has 2 aromatic rings. The highest BCUT2D eigenvalue weighted by Gasteiger charge is 2.21. The molecule has 0 spiro atoms. The van der Waals surface area contributed by atoms with Gasteiger partial charge in [0.2, 0.25) is 11.8 Å². The minimum atomic E-state index is 0.0141. The standard InChI is InChI=1S/C25H36N2O2S/c1-4-6-7-11-14-24(28)26(17-5-2)20-25(29)27(18-22-12-9-8-10-13-22)19-23-16-15-21(3)30-23/h8-10,12-13,15-16H,4-7,11,14,17-20H2,1-3H3. The summed E-state index contributed by atoms with van der Waals surface area (Å²) in [5.74, 6) is 0.119. The van der Waals surface area contributed by atoms with Crippen LogP contribution in [0.2, 0.25) is 0 Å². The topological polar surface area (TPSA) is 40.6 Å². The van der Waals surface area contributed by atoms with Crippen molar-refractivity contribution in [1.29, 1.82) is 0 Å². The Morgan fingerprint density at radius 1 is 0.833 bits per heavy atom. The summed E-state index contributed by atoms with van der Waals surface area (Å²) in [5, 5.41) is 0. The molecule has 0 atom stereocenters. The van der Waals surface area contributed by atoms with Crippen LogP contribution in [-0.2, 0) is 22.7 Å². The molecule has 0 bridgehead atoms. The molecule has 0 aliphatic heterocycles. The molecule has 164 valence electrons. The predicted molar refractivity (Wildman–Crippen MR) is 125 cm³/mol. The molecule has 0 aliphatic rings. The number of carbonyl (C=O) groups is 2. The fourth-order valence-electron chi connectivity index (χ4n) is 3.48. The molecule has 0 aliphatic carbocycles. The van der Waals surface area contributed by atoms with Crippen molar-refractivity contribution in [2.45, 2.75) is 72.4 Å². The second-order valence-electron chi connectivity index (χ2n) is 7.87. The third-order valence-electron chi connectivity index (χ3n) is 5.13. The van der Waals surface area contributed by atoms with Gasteiger partial charge in [-0.1, -0.05) is 63.4 Å². The summed E-state index contributed by atoms with van der Waals surface area (Å²) >= 11 is 1.72. The van der Waals surface area contributed by atoms with Crippen LogP contribution >= 0.6 is 11.3 Å². The normalized spacial score (nSPS) is 10.8. The second kappa shape index (κ2) is 13.2. The third-order valence-corrected chi connectivity index (χ3v) is 6.11. The van der Waals surface area contributed by atoms with Gasteiger partial charge >= 0.3 is 0 Å². The molecular formula is C25H36N2O2S. The van der Waals surface area contributed by atoms with E-state index in [2.05, 4.69) is 32.9 Å². The average Bonchev–Trinajstić information content (AvgIpc) is 3.15. The SMILES string of the molecule is CCCCCCC(=O)N(CCC)CC(=O)N(Cc1ccccc1)Cc1ccc(C)s1. The lowest BCUT2D eigenvalue weighted by Crippen LogP contribution is -2.42. The van der Waals surface area contributed by atoms with Crippen molar-refractivity contribution in [2.24, 2.45) is 0 Å². The molecule has 30 heavy (non-hydrogen) atoms. The van der Waals surface area contributed by atoms with E-state index in [1.807, 2.05) is 35.2 Å². The maximum absolute atomic E-state index is 13.3. The number of rotatable bonds is 13. The average molecular weight is 429 g/mol. The van der Waals surface area contributed by atoms with Crippen molar-refractivity contribution in [3.63, 3.8) is 0 Å². The molecule has 2 rings (SSSR count). The van der Waals surface area contributed by atoms with Crippen LogP contribution in [-0.4, -0.2) is 34.7 Å². The highest BCUT2D eigenvalue weighted by molar-refractivity contribution is 7.11. The molecule has 0 N–H and O–H groups in total. The summed E-state index contributed by atoms with van der Waals surface area (Å²) in [5.41, 5.74) is 1.10. The highest BCUT2D eigenvalue weighted by Crippen LogP contribution is 2.19. The molecule has 1 aromatic heterocycles. The van der Waals surface area contributed by atoms with Gasteiger partial charge in [0.05, 0.1) is 13.1 Å². The Morgan fingerprint density at radius 3 is 2.23 bits per heavy atom. The van der Waals surface area contributed by atoms with Gasteiger partial charge in [-0.05, 0) is 37.5 Å². The number of hydrogen-bond acceptors (Lipinski definition) is 3. The Kier molecular flexibility index (Phi) is 10.6. The van der Waals surface area contributed by atoms with E-state index in [0.29, 0.717) is 26.1 Å². The molecule has 4 nitrogen and oxygen atoms in total. The summed E-state index contributed by atoms with van der Waals surface area (Å²) < 4.78 is 0. The number of carbonyl (C=O) groups excluding carboxylic acids is 2. The Balaban J connectivity index is 2.06. The summed E-state index contributed by atoms with van der Waals surface area (Å²) in [4.78, 5) is 32.0. The fourth-order valence-corrected chi connectivity index (χ4v) is 4.39. The van der Waals surface area contributed by atoms with E-state index < -0.39 is 0 Å². The molecule has 1 aromatic carbocycles. The lowest BCUT2D eigenvalue weighted by atomic mass is 10.1. The van der Waals surface area contributed by atoms with Crippen LogP contribution in [0.5, 0.6) is 0 Å². The van der Waals surface area contributed by atoms with Gasteiger partial charge in [0.1, 0.15) is 0 Å². The smallest absolute Gasteiger partial charge is 0.242 e. The van der Waals surface area contributed by atoms with Crippen molar-refractivity contribution in [3.8, 4) is 0 Å². The van der Waals surface area contributed by atoms with Crippen LogP contribution in [0.3, 0.4) is 0 Å². The number of hydrogen-bond donors (Lipinski definition) is 0. The molecular weight excluding hydrogens is 392 g/mol. The van der Waals surface area contributed by atoms with E-state index in [1.54, 1.807) is 16.2 Å². The van der Waals surface area contributed by atoms with E-state index in [4.69, 9.17) is 0 Å². The molecule has 0 fully saturated rings. The summed E-state index contributed by atoms with van der Waals surface area (Å²) in [6, 6.07) is 14.2. The van der Waals surface area contributed by atoms with E-state index in [-0.39, 0.29) is 18.4 Å². The zero-order valence-corrected chi connectivity index (χ0v) is 19.5. The van der Waals surface area contributed by atoms with Crippen LogP contribution in [0.4, 0.5) is 0 Å². The zero-order chi connectivity index (χ0) is 21.8. The van der Waals surface area contributed by atoms with Gasteiger partial charge in [-0.15, -0.1) is 11.3 Å². The molecule has 0 saturated heterocycles. The minimum Gasteiger partial charge on any atom is -0.333 e. The Morgan fingerprint density at radius 2 is 1.60 bits per heavy atom. The predicted octanol–water partition coefficient (Wildman–Crippen LogP) is 5.79. The molecule has 0 unspecified atom stereocenters. The van der Waals surface area contributed by atoms with Gasteiger partial charge in [-0.3, -0.25) is 9.59 Å². The first-order valence-electron chi connectivity index (χ1n) is 11.2. The largest absolute Gasteiger partial charge is 0.333 e. The fraction of sp³-hybridized carbons (Fsp3) is 0.520. The van der Waals surface area contributed by atoms with Gasteiger partial charge < -0.3 is 9.80 Å². The number of unbranched alkanes of at least 4 members (excludes halogenated alkanes) is 3. The summed E-state index contributed by atoms with van der Waals surface area (Å²) in [6.45, 7) is 8.24. The lowest BCUT2D eigenvalue weighted by Gasteiger charge is -2.27. The van der Waals surface area contributed by atoms with E-state index >= 15 is 0 Å². The number of amides is 2. The van der Waals surface area contributed by atoms with Crippen LogP contribution < -0.4 is 0 Å².